The quantitative estimate of drug-likeness (QED) is 0.452. The SMILES string of the molecule is O=C(CCCc1ccc(-c2ccccc2F)cc1)Cc1ccc(C(F)(F)F)nc1. The van der Waals surface area contributed by atoms with Crippen LogP contribution in [0.1, 0.15) is 29.7 Å². The summed E-state index contributed by atoms with van der Waals surface area (Å²) in [6, 6.07) is 16.3. The lowest BCUT2D eigenvalue weighted by atomic mass is 10.00. The third-order valence-electron chi connectivity index (χ3n) is 4.58. The van der Waals surface area contributed by atoms with E-state index in [1.54, 1.807) is 18.2 Å². The minimum Gasteiger partial charge on any atom is -0.299 e. The van der Waals surface area contributed by atoms with Gasteiger partial charge in [0.05, 0.1) is 0 Å². The van der Waals surface area contributed by atoms with E-state index in [1.165, 1.54) is 12.1 Å². The topological polar surface area (TPSA) is 30.0 Å². The number of carbonyl (C=O) groups is 1. The van der Waals surface area contributed by atoms with Crippen LogP contribution >= 0.6 is 0 Å². The van der Waals surface area contributed by atoms with Gasteiger partial charge in [-0.25, -0.2) is 4.39 Å². The summed E-state index contributed by atoms with van der Waals surface area (Å²) in [5.41, 5.74) is 1.87. The molecule has 0 amide bonds. The molecule has 0 saturated carbocycles. The largest absolute Gasteiger partial charge is 0.433 e. The first-order chi connectivity index (χ1) is 13.8. The lowest BCUT2D eigenvalue weighted by Crippen LogP contribution is -2.09. The molecule has 0 N–H and O–H groups in total. The molecule has 0 aliphatic heterocycles. The Kier molecular flexibility index (Phi) is 6.42. The van der Waals surface area contributed by atoms with Crippen LogP contribution in [0.15, 0.2) is 66.9 Å². The monoisotopic (exact) mass is 401 g/mol. The Morgan fingerprint density at radius 2 is 1.59 bits per heavy atom. The van der Waals surface area contributed by atoms with Crippen LogP contribution in [0.3, 0.4) is 0 Å². The molecule has 0 aliphatic rings. The zero-order valence-electron chi connectivity index (χ0n) is 15.5. The van der Waals surface area contributed by atoms with Gasteiger partial charge < -0.3 is 0 Å². The molecule has 3 rings (SSSR count). The van der Waals surface area contributed by atoms with Crippen LogP contribution in [0.4, 0.5) is 17.6 Å². The molecule has 0 saturated heterocycles. The number of hydrogen-bond acceptors (Lipinski definition) is 2. The van der Waals surface area contributed by atoms with Crippen molar-refractivity contribution in [3.8, 4) is 11.1 Å². The summed E-state index contributed by atoms with van der Waals surface area (Å²) < 4.78 is 51.3. The van der Waals surface area contributed by atoms with Crippen LogP contribution < -0.4 is 0 Å². The number of nitrogens with zero attached hydrogens (tertiary/aromatic N) is 1. The molecule has 2 nitrogen and oxygen atoms in total. The Bertz CT molecular complexity index is 963. The summed E-state index contributed by atoms with van der Waals surface area (Å²) in [5.74, 6) is -0.321. The zero-order valence-corrected chi connectivity index (χ0v) is 15.5. The smallest absolute Gasteiger partial charge is 0.299 e. The van der Waals surface area contributed by atoms with E-state index in [0.717, 1.165) is 23.4 Å². The van der Waals surface area contributed by atoms with Gasteiger partial charge in [-0.05, 0) is 41.7 Å². The van der Waals surface area contributed by atoms with Gasteiger partial charge in [0, 0.05) is 24.6 Å². The summed E-state index contributed by atoms with van der Waals surface area (Å²) in [5, 5.41) is 0. The summed E-state index contributed by atoms with van der Waals surface area (Å²) in [7, 11) is 0. The molecule has 0 spiro atoms. The Labute approximate surface area is 166 Å². The minimum atomic E-state index is -4.48. The average molecular weight is 401 g/mol. The Hall–Kier alpha value is -3.02. The third-order valence-corrected chi connectivity index (χ3v) is 4.58. The molecule has 2 aromatic carbocycles. The summed E-state index contributed by atoms with van der Waals surface area (Å²) in [6.07, 6.45) is -1.67. The third kappa shape index (κ3) is 5.73. The maximum atomic E-state index is 13.8. The van der Waals surface area contributed by atoms with Gasteiger partial charge in [0.1, 0.15) is 17.3 Å². The van der Waals surface area contributed by atoms with E-state index in [2.05, 4.69) is 4.98 Å². The van der Waals surface area contributed by atoms with Crippen molar-refractivity contribution in [2.24, 2.45) is 0 Å². The van der Waals surface area contributed by atoms with E-state index in [9.17, 15) is 22.4 Å². The first-order valence-electron chi connectivity index (χ1n) is 9.20. The van der Waals surface area contributed by atoms with Crippen molar-refractivity contribution < 1.29 is 22.4 Å². The second kappa shape index (κ2) is 8.99. The molecule has 0 fully saturated rings. The molecule has 6 heteroatoms. The van der Waals surface area contributed by atoms with Gasteiger partial charge in [0.15, 0.2) is 0 Å². The fourth-order valence-electron chi connectivity index (χ4n) is 3.05. The number of aryl methyl sites for hydroxylation is 1. The lowest BCUT2D eigenvalue weighted by Gasteiger charge is -2.07. The van der Waals surface area contributed by atoms with Gasteiger partial charge in [0.25, 0.3) is 0 Å². The fraction of sp³-hybridized carbons (Fsp3) is 0.217. The molecule has 1 heterocycles. The molecular formula is C23H19F4NO. The van der Waals surface area contributed by atoms with E-state index < -0.39 is 11.9 Å². The van der Waals surface area contributed by atoms with Gasteiger partial charge in [-0.1, -0.05) is 48.5 Å². The van der Waals surface area contributed by atoms with Crippen molar-refractivity contribution in [2.45, 2.75) is 31.9 Å². The standard InChI is InChI=1S/C23H19F4NO/c24-21-7-2-1-6-20(21)18-11-8-16(9-12-18)4-3-5-19(29)14-17-10-13-22(28-15-17)23(25,26)27/h1-2,6-13,15H,3-5,14H2. The molecular weight excluding hydrogens is 382 g/mol. The van der Waals surface area contributed by atoms with Crippen molar-refractivity contribution in [2.75, 3.05) is 0 Å². The van der Waals surface area contributed by atoms with E-state index in [1.807, 2.05) is 24.3 Å². The Balaban J connectivity index is 1.48. The molecule has 0 unspecified atom stereocenters. The molecule has 0 aliphatic carbocycles. The van der Waals surface area contributed by atoms with Gasteiger partial charge in [0.2, 0.25) is 0 Å². The van der Waals surface area contributed by atoms with Gasteiger partial charge in [-0.2, -0.15) is 13.2 Å². The van der Waals surface area contributed by atoms with Crippen LogP contribution in [-0.2, 0) is 23.8 Å². The number of rotatable bonds is 7. The van der Waals surface area contributed by atoms with Crippen LogP contribution in [0.5, 0.6) is 0 Å². The van der Waals surface area contributed by atoms with Crippen LogP contribution in [-0.4, -0.2) is 10.8 Å². The fourth-order valence-corrected chi connectivity index (χ4v) is 3.05. The van der Waals surface area contributed by atoms with E-state index in [-0.39, 0.29) is 18.0 Å². The van der Waals surface area contributed by atoms with Gasteiger partial charge >= 0.3 is 6.18 Å². The molecule has 0 bridgehead atoms. The highest BCUT2D eigenvalue weighted by Gasteiger charge is 2.32. The number of pyridine rings is 1. The van der Waals surface area contributed by atoms with Gasteiger partial charge in [-0.3, -0.25) is 9.78 Å². The van der Waals surface area contributed by atoms with E-state index >= 15 is 0 Å². The summed E-state index contributed by atoms with van der Waals surface area (Å²) in [6.45, 7) is 0. The van der Waals surface area contributed by atoms with Crippen molar-refractivity contribution in [3.05, 3.63) is 89.5 Å². The first-order valence-corrected chi connectivity index (χ1v) is 9.20. The molecule has 0 atom stereocenters. The normalized spacial score (nSPS) is 11.4. The predicted octanol–water partition coefficient (Wildman–Crippen LogP) is 6.04. The Morgan fingerprint density at radius 3 is 2.21 bits per heavy atom. The van der Waals surface area contributed by atoms with Crippen molar-refractivity contribution in [1.29, 1.82) is 0 Å². The first kappa shape index (κ1) is 20.7. The summed E-state index contributed by atoms with van der Waals surface area (Å²) in [4.78, 5) is 15.4. The number of aromatic nitrogens is 1. The lowest BCUT2D eigenvalue weighted by molar-refractivity contribution is -0.141. The highest BCUT2D eigenvalue weighted by molar-refractivity contribution is 5.80. The number of carbonyl (C=O) groups excluding carboxylic acids is 1. The van der Waals surface area contributed by atoms with Gasteiger partial charge in [-0.15, -0.1) is 0 Å². The maximum Gasteiger partial charge on any atom is 0.433 e. The van der Waals surface area contributed by atoms with Crippen LogP contribution in [0.2, 0.25) is 0 Å². The predicted molar refractivity (Wildman–Crippen MR) is 103 cm³/mol. The molecule has 150 valence electrons. The number of ketones is 1. The number of halogens is 4. The van der Waals surface area contributed by atoms with Crippen LogP contribution in [0, 0.1) is 5.82 Å². The molecule has 3 aromatic rings. The van der Waals surface area contributed by atoms with E-state index in [4.69, 9.17) is 0 Å². The number of benzene rings is 2. The van der Waals surface area contributed by atoms with Crippen LogP contribution in [0.25, 0.3) is 11.1 Å². The van der Waals surface area contributed by atoms with E-state index in [0.29, 0.717) is 30.4 Å². The highest BCUT2D eigenvalue weighted by atomic mass is 19.4. The minimum absolute atomic E-state index is 0.0467. The van der Waals surface area contributed by atoms with Crippen molar-refractivity contribution in [3.63, 3.8) is 0 Å². The molecule has 29 heavy (non-hydrogen) atoms. The summed E-state index contributed by atoms with van der Waals surface area (Å²) >= 11 is 0. The molecule has 1 aromatic heterocycles. The second-order valence-electron chi connectivity index (χ2n) is 6.80. The maximum absolute atomic E-state index is 13.8. The average Bonchev–Trinajstić information content (AvgIpc) is 2.69. The second-order valence-corrected chi connectivity index (χ2v) is 6.80. The number of hydrogen-bond donors (Lipinski definition) is 0. The zero-order chi connectivity index (χ0) is 20.9. The number of alkyl halides is 3. The van der Waals surface area contributed by atoms with Crippen molar-refractivity contribution >= 4 is 5.78 Å². The highest BCUT2D eigenvalue weighted by Crippen LogP contribution is 2.27. The van der Waals surface area contributed by atoms with Crippen molar-refractivity contribution in [1.82, 2.24) is 4.98 Å². The molecule has 0 radical (unpaired) electrons. The Morgan fingerprint density at radius 1 is 0.897 bits per heavy atom. The number of Topliss-reactive ketones (excluding diaryl/α,β-unsaturated/α-hetero) is 1.